The average Bonchev–Trinajstić information content (AvgIpc) is 2.89. The number of nitrogens with zero attached hydrogens (tertiary/aromatic N) is 1. The maximum Gasteiger partial charge on any atom is 0.337 e. The van der Waals surface area contributed by atoms with Crippen LogP contribution in [-0.4, -0.2) is 22.0 Å². The zero-order valence-corrected chi connectivity index (χ0v) is 12.5. The Morgan fingerprint density at radius 2 is 2.20 bits per heavy atom. The van der Waals surface area contributed by atoms with E-state index in [0.29, 0.717) is 9.48 Å². The Hall–Kier alpha value is -1.77. The highest BCUT2D eigenvalue weighted by Gasteiger charge is 2.17. The molecule has 0 radical (unpaired) electrons. The van der Waals surface area contributed by atoms with Crippen molar-refractivity contribution in [3.63, 3.8) is 0 Å². The van der Waals surface area contributed by atoms with Crippen LogP contribution in [0.4, 0.5) is 5.69 Å². The van der Waals surface area contributed by atoms with Gasteiger partial charge in [-0.15, -0.1) is 11.3 Å². The Labute approximate surface area is 126 Å². The van der Waals surface area contributed by atoms with Gasteiger partial charge in [0.15, 0.2) is 0 Å². The molecule has 6 nitrogen and oxygen atoms in total. The van der Waals surface area contributed by atoms with Crippen LogP contribution in [0.1, 0.15) is 25.9 Å². The van der Waals surface area contributed by atoms with E-state index in [2.05, 4.69) is 26.2 Å². The number of aromatic carboxylic acids is 1. The number of hydrogen-bond acceptors (Lipinski definition) is 5. The monoisotopic (exact) mass is 355 g/mol. The molecule has 0 saturated carbocycles. The first-order valence-corrected chi connectivity index (χ1v) is 7.18. The molecule has 2 aromatic rings. The van der Waals surface area contributed by atoms with E-state index in [-0.39, 0.29) is 23.5 Å². The third kappa shape index (κ3) is 3.03. The van der Waals surface area contributed by atoms with Gasteiger partial charge in [0.1, 0.15) is 10.7 Å². The lowest BCUT2D eigenvalue weighted by molar-refractivity contribution is 0.0698. The predicted octanol–water partition coefficient (Wildman–Crippen LogP) is 2.31. The third-order valence-corrected chi connectivity index (χ3v) is 3.97. The molecule has 0 atom stereocenters. The summed E-state index contributed by atoms with van der Waals surface area (Å²) in [5.41, 5.74) is 5.85. The van der Waals surface area contributed by atoms with Crippen molar-refractivity contribution in [2.75, 3.05) is 5.32 Å². The Morgan fingerprint density at radius 3 is 2.80 bits per heavy atom. The van der Waals surface area contributed by atoms with Gasteiger partial charge in [-0.3, -0.25) is 4.79 Å². The molecule has 1 aromatic heterocycles. The van der Waals surface area contributed by atoms with Gasteiger partial charge in [0.05, 0.1) is 11.3 Å². The summed E-state index contributed by atoms with van der Waals surface area (Å²) in [6.45, 7) is 0.257. The molecule has 1 amide bonds. The predicted molar refractivity (Wildman–Crippen MR) is 79.1 cm³/mol. The summed E-state index contributed by atoms with van der Waals surface area (Å²) in [7, 11) is 0. The molecule has 0 bridgehead atoms. The molecular weight excluding hydrogens is 346 g/mol. The minimum atomic E-state index is -1.12. The number of nitrogens with one attached hydrogen (secondary N) is 1. The number of aromatic nitrogens is 1. The fourth-order valence-corrected chi connectivity index (χ4v) is 2.64. The van der Waals surface area contributed by atoms with Gasteiger partial charge in [-0.1, -0.05) is 6.07 Å². The van der Waals surface area contributed by atoms with Crippen LogP contribution in [0.3, 0.4) is 0 Å². The molecule has 0 saturated heterocycles. The molecule has 2 rings (SSSR count). The summed E-state index contributed by atoms with van der Waals surface area (Å²) in [5, 5.41) is 13.9. The molecule has 20 heavy (non-hydrogen) atoms. The number of nitrogens with two attached hydrogens (primary N) is 1. The number of carboxylic acids is 1. The Bertz CT molecular complexity index is 672. The maximum absolute atomic E-state index is 12.0. The maximum atomic E-state index is 12.0. The molecule has 0 aliphatic rings. The Balaban J connectivity index is 2.30. The lowest BCUT2D eigenvalue weighted by atomic mass is 10.2. The van der Waals surface area contributed by atoms with Crippen molar-refractivity contribution in [2.45, 2.75) is 6.54 Å². The van der Waals surface area contributed by atoms with E-state index in [1.807, 2.05) is 0 Å². The number of halogens is 1. The molecule has 0 unspecified atom stereocenters. The Kier molecular flexibility index (Phi) is 4.48. The van der Waals surface area contributed by atoms with Crippen LogP contribution >= 0.6 is 27.3 Å². The number of anilines is 1. The van der Waals surface area contributed by atoms with E-state index in [4.69, 9.17) is 10.8 Å². The van der Waals surface area contributed by atoms with Crippen LogP contribution in [-0.2, 0) is 6.54 Å². The number of hydrogen-bond donors (Lipinski definition) is 3. The van der Waals surface area contributed by atoms with Crippen molar-refractivity contribution in [1.29, 1.82) is 0 Å². The van der Waals surface area contributed by atoms with E-state index in [9.17, 15) is 9.59 Å². The summed E-state index contributed by atoms with van der Waals surface area (Å²) in [5.74, 6) is -1.60. The number of amides is 1. The molecular formula is C12H10BrN3O3S. The van der Waals surface area contributed by atoms with E-state index < -0.39 is 11.9 Å². The quantitative estimate of drug-likeness (QED) is 0.780. The summed E-state index contributed by atoms with van der Waals surface area (Å²) < 4.78 is 0.486. The normalized spacial score (nSPS) is 10.3. The van der Waals surface area contributed by atoms with Gasteiger partial charge in [-0.2, -0.15) is 0 Å². The van der Waals surface area contributed by atoms with E-state index in [1.165, 1.54) is 17.4 Å². The molecule has 104 valence electrons. The molecule has 0 spiro atoms. The molecule has 4 N–H and O–H groups in total. The van der Waals surface area contributed by atoms with Crippen molar-refractivity contribution >= 4 is 44.8 Å². The number of para-hydroxylation sites is 1. The largest absolute Gasteiger partial charge is 0.478 e. The summed E-state index contributed by atoms with van der Waals surface area (Å²) in [6.07, 6.45) is 0. The van der Waals surface area contributed by atoms with Crippen LogP contribution in [0.2, 0.25) is 0 Å². The minimum Gasteiger partial charge on any atom is -0.478 e. The van der Waals surface area contributed by atoms with Crippen LogP contribution in [0, 0.1) is 0 Å². The molecule has 1 heterocycles. The van der Waals surface area contributed by atoms with Crippen molar-refractivity contribution in [3.05, 3.63) is 44.3 Å². The van der Waals surface area contributed by atoms with Gasteiger partial charge < -0.3 is 16.2 Å². The SMILES string of the molecule is NCc1nc(C(=O)Nc2c(Br)cccc2C(=O)O)cs1. The van der Waals surface area contributed by atoms with Crippen molar-refractivity contribution in [1.82, 2.24) is 4.98 Å². The van der Waals surface area contributed by atoms with Crippen LogP contribution in [0.15, 0.2) is 28.1 Å². The first-order valence-electron chi connectivity index (χ1n) is 5.50. The van der Waals surface area contributed by atoms with E-state index in [1.54, 1.807) is 17.5 Å². The zero-order chi connectivity index (χ0) is 14.7. The fourth-order valence-electron chi connectivity index (χ4n) is 1.52. The van der Waals surface area contributed by atoms with Gasteiger partial charge in [-0.05, 0) is 28.1 Å². The highest BCUT2D eigenvalue weighted by Crippen LogP contribution is 2.27. The summed E-state index contributed by atoms with van der Waals surface area (Å²) >= 11 is 4.50. The van der Waals surface area contributed by atoms with E-state index >= 15 is 0 Å². The molecule has 1 aromatic carbocycles. The first-order chi connectivity index (χ1) is 9.52. The van der Waals surface area contributed by atoms with Gasteiger partial charge in [-0.25, -0.2) is 9.78 Å². The second kappa shape index (κ2) is 6.12. The molecule has 0 aliphatic carbocycles. The minimum absolute atomic E-state index is 0.00185. The van der Waals surface area contributed by atoms with Crippen LogP contribution in [0.5, 0.6) is 0 Å². The molecule has 0 fully saturated rings. The Morgan fingerprint density at radius 1 is 1.45 bits per heavy atom. The summed E-state index contributed by atoms with van der Waals surface area (Å²) in [6, 6.07) is 4.64. The van der Waals surface area contributed by atoms with Gasteiger partial charge in [0, 0.05) is 16.4 Å². The average molecular weight is 356 g/mol. The highest BCUT2D eigenvalue weighted by molar-refractivity contribution is 9.10. The zero-order valence-electron chi connectivity index (χ0n) is 10.1. The lowest BCUT2D eigenvalue weighted by Crippen LogP contribution is -2.16. The third-order valence-electron chi connectivity index (χ3n) is 2.44. The highest BCUT2D eigenvalue weighted by atomic mass is 79.9. The number of carbonyl (C=O) groups excluding carboxylic acids is 1. The number of thiazole rings is 1. The standard InChI is InChI=1S/C12H10BrN3O3S/c13-7-3-1-2-6(12(18)19)10(7)16-11(17)8-5-20-9(4-14)15-8/h1-3,5H,4,14H2,(H,16,17)(H,18,19). The van der Waals surface area contributed by atoms with Gasteiger partial charge >= 0.3 is 5.97 Å². The molecule has 8 heteroatoms. The van der Waals surface area contributed by atoms with Crippen molar-refractivity contribution in [3.8, 4) is 0 Å². The van der Waals surface area contributed by atoms with Gasteiger partial charge in [0.25, 0.3) is 5.91 Å². The van der Waals surface area contributed by atoms with Crippen LogP contribution < -0.4 is 11.1 Å². The van der Waals surface area contributed by atoms with Crippen molar-refractivity contribution < 1.29 is 14.7 Å². The van der Waals surface area contributed by atoms with Crippen LogP contribution in [0.25, 0.3) is 0 Å². The topological polar surface area (TPSA) is 105 Å². The second-order valence-electron chi connectivity index (χ2n) is 3.75. The number of carbonyl (C=O) groups is 2. The van der Waals surface area contributed by atoms with E-state index in [0.717, 1.165) is 0 Å². The van der Waals surface area contributed by atoms with Crippen molar-refractivity contribution in [2.24, 2.45) is 5.73 Å². The number of benzene rings is 1. The van der Waals surface area contributed by atoms with Gasteiger partial charge in [0.2, 0.25) is 0 Å². The lowest BCUT2D eigenvalue weighted by Gasteiger charge is -2.09. The smallest absolute Gasteiger partial charge is 0.337 e. The molecule has 0 aliphatic heterocycles. The summed E-state index contributed by atoms with van der Waals surface area (Å²) in [4.78, 5) is 27.2. The number of rotatable bonds is 4. The fraction of sp³-hybridized carbons (Fsp3) is 0.0833. The first kappa shape index (κ1) is 14.6. The second-order valence-corrected chi connectivity index (χ2v) is 5.55. The number of carboxylic acid groups (broad SMARTS) is 1.